The van der Waals surface area contributed by atoms with Gasteiger partial charge in [0.15, 0.2) is 5.65 Å². The van der Waals surface area contributed by atoms with E-state index in [9.17, 15) is 0 Å². The molecular weight excluding hydrogens is 266 g/mol. The molecule has 0 spiro atoms. The number of nitrogens with zero attached hydrogens (tertiary/aromatic N) is 6. The topological polar surface area (TPSA) is 79.5 Å². The number of aryl methyl sites for hydroxylation is 5. The molecule has 0 unspecified atom stereocenters. The standard InChI is InChI=1S/C14H21N7/c1-4-5-10-12-13(20(3)18-10)21(14(15)17-12)8-6-11-16-7-9-19(11)2/h7,9H,4-6,8H2,1-3H3,(H2,15,17). The van der Waals surface area contributed by atoms with Crippen molar-refractivity contribution in [2.24, 2.45) is 14.1 Å². The van der Waals surface area contributed by atoms with Crippen molar-refractivity contribution in [2.45, 2.75) is 32.7 Å². The van der Waals surface area contributed by atoms with E-state index < -0.39 is 0 Å². The van der Waals surface area contributed by atoms with E-state index in [4.69, 9.17) is 5.73 Å². The van der Waals surface area contributed by atoms with Crippen LogP contribution in [-0.4, -0.2) is 28.9 Å². The Morgan fingerprint density at radius 3 is 2.71 bits per heavy atom. The van der Waals surface area contributed by atoms with Crippen LogP contribution in [0.15, 0.2) is 12.4 Å². The molecule has 0 atom stereocenters. The summed E-state index contributed by atoms with van der Waals surface area (Å²) in [5.74, 6) is 1.58. The Balaban J connectivity index is 1.94. The summed E-state index contributed by atoms with van der Waals surface area (Å²) in [4.78, 5) is 8.85. The van der Waals surface area contributed by atoms with Crippen LogP contribution in [0.25, 0.3) is 11.2 Å². The number of hydrogen-bond acceptors (Lipinski definition) is 4. The summed E-state index contributed by atoms with van der Waals surface area (Å²) in [7, 11) is 3.94. The van der Waals surface area contributed by atoms with Gasteiger partial charge in [-0.1, -0.05) is 13.3 Å². The molecule has 3 aromatic rings. The summed E-state index contributed by atoms with van der Waals surface area (Å²) in [6.45, 7) is 2.89. The van der Waals surface area contributed by atoms with Gasteiger partial charge >= 0.3 is 0 Å². The Kier molecular flexibility index (Phi) is 3.40. The molecule has 0 saturated heterocycles. The van der Waals surface area contributed by atoms with Crippen molar-refractivity contribution in [1.29, 1.82) is 0 Å². The third-order valence-corrected chi connectivity index (χ3v) is 3.79. The zero-order valence-corrected chi connectivity index (χ0v) is 12.7. The van der Waals surface area contributed by atoms with Crippen LogP contribution in [0.5, 0.6) is 0 Å². The third-order valence-electron chi connectivity index (χ3n) is 3.79. The first-order valence-electron chi connectivity index (χ1n) is 7.25. The van der Waals surface area contributed by atoms with E-state index in [2.05, 4.69) is 22.0 Å². The molecule has 0 bridgehead atoms. The quantitative estimate of drug-likeness (QED) is 0.766. The highest BCUT2D eigenvalue weighted by Crippen LogP contribution is 2.22. The van der Waals surface area contributed by atoms with Crippen molar-refractivity contribution in [3.63, 3.8) is 0 Å². The van der Waals surface area contributed by atoms with Crippen LogP contribution < -0.4 is 5.73 Å². The summed E-state index contributed by atoms with van der Waals surface area (Å²) in [5.41, 5.74) is 9.04. The lowest BCUT2D eigenvalue weighted by molar-refractivity contribution is 0.644. The molecule has 0 amide bonds. The molecule has 0 aliphatic heterocycles. The van der Waals surface area contributed by atoms with E-state index in [1.165, 1.54) is 0 Å². The van der Waals surface area contributed by atoms with E-state index in [0.29, 0.717) is 5.95 Å². The number of rotatable bonds is 5. The lowest BCUT2D eigenvalue weighted by atomic mass is 10.2. The Morgan fingerprint density at radius 1 is 1.24 bits per heavy atom. The van der Waals surface area contributed by atoms with E-state index in [1.54, 1.807) is 0 Å². The van der Waals surface area contributed by atoms with Crippen molar-refractivity contribution in [3.8, 4) is 0 Å². The highest BCUT2D eigenvalue weighted by Gasteiger charge is 2.17. The monoisotopic (exact) mass is 287 g/mol. The highest BCUT2D eigenvalue weighted by molar-refractivity contribution is 5.77. The maximum Gasteiger partial charge on any atom is 0.202 e. The molecule has 112 valence electrons. The minimum atomic E-state index is 0.546. The van der Waals surface area contributed by atoms with Gasteiger partial charge in [0, 0.05) is 39.5 Å². The molecule has 3 rings (SSSR count). The molecular formula is C14H21N7. The van der Waals surface area contributed by atoms with Gasteiger partial charge in [0.1, 0.15) is 11.3 Å². The van der Waals surface area contributed by atoms with E-state index in [1.807, 2.05) is 40.3 Å². The fraction of sp³-hybridized carbons (Fsp3) is 0.500. The van der Waals surface area contributed by atoms with Crippen LogP contribution in [0.4, 0.5) is 5.95 Å². The van der Waals surface area contributed by atoms with Crippen molar-refractivity contribution >= 4 is 17.1 Å². The van der Waals surface area contributed by atoms with Gasteiger partial charge in [-0.05, 0) is 6.42 Å². The van der Waals surface area contributed by atoms with Crippen LogP contribution in [0, 0.1) is 0 Å². The van der Waals surface area contributed by atoms with Crippen molar-refractivity contribution < 1.29 is 0 Å². The number of hydrogen-bond donors (Lipinski definition) is 1. The molecule has 21 heavy (non-hydrogen) atoms. The molecule has 0 aliphatic rings. The molecule has 0 aliphatic carbocycles. The number of anilines is 1. The largest absolute Gasteiger partial charge is 0.369 e. The Morgan fingerprint density at radius 2 is 2.05 bits per heavy atom. The minimum Gasteiger partial charge on any atom is -0.369 e. The van der Waals surface area contributed by atoms with Gasteiger partial charge in [-0.2, -0.15) is 5.10 Å². The lowest BCUT2D eigenvalue weighted by Crippen LogP contribution is -2.10. The van der Waals surface area contributed by atoms with Gasteiger partial charge < -0.3 is 10.3 Å². The molecule has 7 nitrogen and oxygen atoms in total. The van der Waals surface area contributed by atoms with Crippen LogP contribution in [-0.2, 0) is 33.5 Å². The molecule has 0 saturated carbocycles. The molecule has 3 heterocycles. The molecule has 2 N–H and O–H groups in total. The first kappa shape index (κ1) is 13.7. The predicted molar refractivity (Wildman–Crippen MR) is 81.8 cm³/mol. The number of fused-ring (bicyclic) bond motifs is 1. The van der Waals surface area contributed by atoms with Gasteiger partial charge in [-0.3, -0.25) is 9.25 Å². The maximum atomic E-state index is 6.09. The zero-order valence-electron chi connectivity index (χ0n) is 12.7. The smallest absolute Gasteiger partial charge is 0.202 e. The first-order chi connectivity index (χ1) is 10.1. The molecule has 0 aromatic carbocycles. The number of imidazole rings is 2. The van der Waals surface area contributed by atoms with E-state index in [0.717, 1.165) is 48.5 Å². The third kappa shape index (κ3) is 2.28. The second-order valence-corrected chi connectivity index (χ2v) is 5.32. The lowest BCUT2D eigenvalue weighted by Gasteiger charge is -2.07. The van der Waals surface area contributed by atoms with Crippen molar-refractivity contribution in [2.75, 3.05) is 5.73 Å². The van der Waals surface area contributed by atoms with Crippen LogP contribution >= 0.6 is 0 Å². The fourth-order valence-corrected chi connectivity index (χ4v) is 2.73. The highest BCUT2D eigenvalue weighted by atomic mass is 15.3. The second-order valence-electron chi connectivity index (χ2n) is 5.32. The number of aromatic nitrogens is 6. The van der Waals surface area contributed by atoms with E-state index >= 15 is 0 Å². The normalized spacial score (nSPS) is 11.6. The predicted octanol–water partition coefficient (Wildman–Crippen LogP) is 1.28. The molecule has 0 radical (unpaired) electrons. The van der Waals surface area contributed by atoms with Crippen molar-refractivity contribution in [1.82, 2.24) is 28.9 Å². The fourth-order valence-electron chi connectivity index (χ4n) is 2.73. The average molecular weight is 287 g/mol. The minimum absolute atomic E-state index is 0.546. The van der Waals surface area contributed by atoms with Crippen molar-refractivity contribution in [3.05, 3.63) is 23.9 Å². The summed E-state index contributed by atoms with van der Waals surface area (Å²) >= 11 is 0. The maximum absolute atomic E-state index is 6.09. The second kappa shape index (κ2) is 5.23. The van der Waals surface area contributed by atoms with Crippen LogP contribution in [0.3, 0.4) is 0 Å². The van der Waals surface area contributed by atoms with E-state index in [-0.39, 0.29) is 0 Å². The first-order valence-corrected chi connectivity index (χ1v) is 7.25. The van der Waals surface area contributed by atoms with Gasteiger partial charge in [-0.15, -0.1) is 0 Å². The van der Waals surface area contributed by atoms with Crippen LogP contribution in [0.2, 0.25) is 0 Å². The van der Waals surface area contributed by atoms with Gasteiger partial charge in [0.05, 0.1) is 5.69 Å². The summed E-state index contributed by atoms with van der Waals surface area (Å²) in [6, 6.07) is 0. The summed E-state index contributed by atoms with van der Waals surface area (Å²) < 4.78 is 5.92. The number of nitrogens with two attached hydrogens (primary N) is 1. The Bertz CT molecular complexity index is 762. The molecule has 0 fully saturated rings. The SMILES string of the molecule is CCCc1nn(C)c2c1nc(N)n2CCc1nccn1C. The Hall–Kier alpha value is -2.31. The van der Waals surface area contributed by atoms with Gasteiger partial charge in [0.25, 0.3) is 0 Å². The van der Waals surface area contributed by atoms with Crippen LogP contribution in [0.1, 0.15) is 24.9 Å². The Labute approximate surface area is 123 Å². The number of nitrogen functional groups attached to an aromatic ring is 1. The molecule has 7 heteroatoms. The zero-order chi connectivity index (χ0) is 15.0. The van der Waals surface area contributed by atoms with Gasteiger partial charge in [0.2, 0.25) is 5.95 Å². The average Bonchev–Trinajstić information content (AvgIpc) is 3.07. The van der Waals surface area contributed by atoms with Gasteiger partial charge in [-0.25, -0.2) is 9.97 Å². The molecule has 3 aromatic heterocycles. The summed E-state index contributed by atoms with van der Waals surface area (Å²) in [6.07, 6.45) is 6.55. The summed E-state index contributed by atoms with van der Waals surface area (Å²) in [5, 5.41) is 4.56.